The zero-order valence-corrected chi connectivity index (χ0v) is 14.3. The molecule has 0 saturated heterocycles. The summed E-state index contributed by atoms with van der Waals surface area (Å²) in [6.45, 7) is 2.05. The number of H-pyrrole nitrogens is 1. The number of thioether (sulfide) groups is 1. The van der Waals surface area contributed by atoms with E-state index in [0.29, 0.717) is 27.9 Å². The van der Waals surface area contributed by atoms with Crippen LogP contribution in [0.4, 0.5) is 0 Å². The van der Waals surface area contributed by atoms with E-state index >= 15 is 0 Å². The van der Waals surface area contributed by atoms with E-state index in [9.17, 15) is 4.79 Å². The lowest BCUT2D eigenvalue weighted by Crippen LogP contribution is -2.35. The van der Waals surface area contributed by atoms with Crippen LogP contribution < -0.4 is 5.56 Å². The number of halogens is 2. The number of aromatic nitrogens is 3. The van der Waals surface area contributed by atoms with Gasteiger partial charge in [0.05, 0.1) is 16.1 Å². The normalized spacial score (nSPS) is 15.2. The molecule has 5 nitrogen and oxygen atoms in total. The van der Waals surface area contributed by atoms with Crippen LogP contribution in [0, 0.1) is 0 Å². The maximum atomic E-state index is 12.1. The largest absolute Gasteiger partial charge is 0.301 e. The van der Waals surface area contributed by atoms with E-state index < -0.39 is 0 Å². The van der Waals surface area contributed by atoms with E-state index in [1.807, 2.05) is 6.26 Å². The fraction of sp³-hybridized carbons (Fsp3) is 0.417. The number of thiazole rings is 1. The number of hydrogen-bond donors (Lipinski definition) is 1. The third kappa shape index (κ3) is 3.27. The van der Waals surface area contributed by atoms with Crippen LogP contribution in [0.5, 0.6) is 0 Å². The highest BCUT2D eigenvalue weighted by Gasteiger charge is 2.22. The molecule has 0 aliphatic carbocycles. The van der Waals surface area contributed by atoms with Gasteiger partial charge in [0, 0.05) is 26.1 Å². The van der Waals surface area contributed by atoms with Crippen LogP contribution in [-0.2, 0) is 19.5 Å². The van der Waals surface area contributed by atoms with Crippen LogP contribution in [0.25, 0.3) is 0 Å². The summed E-state index contributed by atoms with van der Waals surface area (Å²) in [7, 11) is 0. The summed E-state index contributed by atoms with van der Waals surface area (Å²) < 4.78 is 0.441. The summed E-state index contributed by atoms with van der Waals surface area (Å²) in [6.07, 6.45) is 2.66. The Morgan fingerprint density at radius 1 is 1.43 bits per heavy atom. The van der Waals surface area contributed by atoms with E-state index in [-0.39, 0.29) is 5.56 Å². The molecule has 0 saturated carbocycles. The number of rotatable bonds is 3. The summed E-state index contributed by atoms with van der Waals surface area (Å²) >= 11 is 14.7. The summed E-state index contributed by atoms with van der Waals surface area (Å²) in [5.74, 6) is 0. The quantitative estimate of drug-likeness (QED) is 0.671. The molecule has 1 N–H and O–H groups in total. The Labute approximate surface area is 139 Å². The van der Waals surface area contributed by atoms with Gasteiger partial charge in [0.2, 0.25) is 0 Å². The fourth-order valence-corrected chi connectivity index (χ4v) is 4.13. The molecule has 0 fully saturated rings. The molecule has 0 atom stereocenters. The molecular weight excluding hydrogens is 351 g/mol. The van der Waals surface area contributed by atoms with E-state index in [1.54, 1.807) is 0 Å². The predicted octanol–water partition coefficient (Wildman–Crippen LogP) is 2.81. The minimum Gasteiger partial charge on any atom is -0.301 e. The molecule has 1 aliphatic heterocycles. The van der Waals surface area contributed by atoms with E-state index in [0.717, 1.165) is 29.1 Å². The molecule has 0 amide bonds. The van der Waals surface area contributed by atoms with Gasteiger partial charge in [-0.1, -0.05) is 35.0 Å². The maximum absolute atomic E-state index is 12.1. The molecule has 0 bridgehead atoms. The first kappa shape index (κ1) is 15.3. The molecular formula is C12H12Cl2N4OS2. The van der Waals surface area contributed by atoms with Crippen molar-refractivity contribution in [3.8, 4) is 0 Å². The Bertz CT molecular complexity index is 731. The highest BCUT2D eigenvalue weighted by Crippen LogP contribution is 2.29. The van der Waals surface area contributed by atoms with E-state index in [4.69, 9.17) is 23.2 Å². The molecule has 112 valence electrons. The molecule has 0 aromatic carbocycles. The highest BCUT2D eigenvalue weighted by molar-refractivity contribution is 7.98. The second kappa shape index (κ2) is 6.26. The van der Waals surface area contributed by atoms with Gasteiger partial charge in [-0.15, -0.1) is 11.3 Å². The van der Waals surface area contributed by atoms with Crippen LogP contribution in [0.15, 0.2) is 9.95 Å². The monoisotopic (exact) mass is 362 g/mol. The minimum absolute atomic E-state index is 0.0533. The molecule has 2 aromatic heterocycles. The molecule has 0 spiro atoms. The van der Waals surface area contributed by atoms with Gasteiger partial charge < -0.3 is 4.98 Å². The number of aromatic amines is 1. The fourth-order valence-electron chi connectivity index (χ4n) is 2.30. The number of hydrogen-bond acceptors (Lipinski definition) is 6. The van der Waals surface area contributed by atoms with Crippen LogP contribution in [-0.4, -0.2) is 32.7 Å². The first-order valence-electron chi connectivity index (χ1n) is 6.26. The van der Waals surface area contributed by atoms with Crippen LogP contribution in [0.1, 0.15) is 16.1 Å². The summed E-state index contributed by atoms with van der Waals surface area (Å²) in [5.41, 5.74) is 1.58. The van der Waals surface area contributed by atoms with Crippen molar-refractivity contribution in [3.63, 3.8) is 0 Å². The van der Waals surface area contributed by atoms with Crippen molar-refractivity contribution in [2.24, 2.45) is 0 Å². The molecule has 0 unspecified atom stereocenters. The van der Waals surface area contributed by atoms with Crippen molar-refractivity contribution in [2.75, 3.05) is 12.8 Å². The van der Waals surface area contributed by atoms with Crippen molar-refractivity contribution >= 4 is 46.3 Å². The first-order chi connectivity index (χ1) is 10.1. The van der Waals surface area contributed by atoms with Crippen LogP contribution in [0.2, 0.25) is 9.62 Å². The van der Waals surface area contributed by atoms with Gasteiger partial charge in [-0.2, -0.15) is 0 Å². The van der Waals surface area contributed by atoms with Crippen LogP contribution in [0.3, 0.4) is 0 Å². The van der Waals surface area contributed by atoms with E-state index in [1.165, 1.54) is 23.1 Å². The smallest absolute Gasteiger partial charge is 0.256 e. The molecule has 9 heteroatoms. The summed E-state index contributed by atoms with van der Waals surface area (Å²) in [5, 5.41) is 1.12. The van der Waals surface area contributed by atoms with Gasteiger partial charge >= 0.3 is 0 Å². The van der Waals surface area contributed by atoms with Crippen molar-refractivity contribution in [3.05, 3.63) is 36.1 Å². The SMILES string of the molecule is CSc1nc2c(c(=O)[nH]1)CN(Cc1sc(Cl)nc1Cl)CC2. The molecule has 3 heterocycles. The molecule has 21 heavy (non-hydrogen) atoms. The Hall–Kier alpha value is -0.600. The average Bonchev–Trinajstić information content (AvgIpc) is 2.77. The standard InChI is InChI=1S/C12H12Cl2N4OS2/c1-20-12-15-7-2-3-18(4-6(7)10(19)17-12)5-8-9(13)16-11(14)21-8/h2-5H2,1H3,(H,15,17,19). The summed E-state index contributed by atoms with van der Waals surface area (Å²) in [4.78, 5) is 26.5. The molecule has 3 rings (SSSR count). The van der Waals surface area contributed by atoms with E-state index in [2.05, 4.69) is 19.9 Å². The second-order valence-electron chi connectivity index (χ2n) is 4.64. The van der Waals surface area contributed by atoms with Gasteiger partial charge in [0.1, 0.15) is 5.15 Å². The minimum atomic E-state index is -0.0533. The van der Waals surface area contributed by atoms with Crippen molar-refractivity contribution in [2.45, 2.75) is 24.7 Å². The second-order valence-corrected chi connectivity index (χ2v) is 7.46. The number of nitrogens with one attached hydrogen (secondary N) is 1. The lowest BCUT2D eigenvalue weighted by atomic mass is 10.1. The molecule has 0 radical (unpaired) electrons. The first-order valence-corrected chi connectivity index (χ1v) is 9.05. The van der Waals surface area contributed by atoms with Gasteiger partial charge in [-0.05, 0) is 6.26 Å². The number of nitrogens with zero attached hydrogens (tertiary/aromatic N) is 3. The molecule has 1 aliphatic rings. The Kier molecular flexibility index (Phi) is 4.56. The third-order valence-electron chi connectivity index (χ3n) is 3.31. The zero-order chi connectivity index (χ0) is 15.0. The van der Waals surface area contributed by atoms with Crippen LogP contribution >= 0.6 is 46.3 Å². The van der Waals surface area contributed by atoms with Gasteiger partial charge in [0.15, 0.2) is 9.62 Å². The van der Waals surface area contributed by atoms with Crippen molar-refractivity contribution in [1.82, 2.24) is 19.9 Å². The average molecular weight is 363 g/mol. The molecule has 2 aromatic rings. The Morgan fingerprint density at radius 3 is 2.90 bits per heavy atom. The van der Waals surface area contributed by atoms with Gasteiger partial charge in [-0.25, -0.2) is 9.97 Å². The zero-order valence-electron chi connectivity index (χ0n) is 11.2. The lowest BCUT2D eigenvalue weighted by Gasteiger charge is -2.27. The predicted molar refractivity (Wildman–Crippen MR) is 86.6 cm³/mol. The third-order valence-corrected chi connectivity index (χ3v) is 5.46. The Balaban J connectivity index is 1.81. The Morgan fingerprint density at radius 2 is 2.24 bits per heavy atom. The van der Waals surface area contributed by atoms with Crippen molar-refractivity contribution in [1.29, 1.82) is 0 Å². The topological polar surface area (TPSA) is 61.9 Å². The highest BCUT2D eigenvalue weighted by atomic mass is 35.5. The summed E-state index contributed by atoms with van der Waals surface area (Å²) in [6, 6.07) is 0. The maximum Gasteiger partial charge on any atom is 0.256 e. The lowest BCUT2D eigenvalue weighted by molar-refractivity contribution is 0.243. The van der Waals surface area contributed by atoms with Gasteiger partial charge in [0.25, 0.3) is 5.56 Å². The van der Waals surface area contributed by atoms with Crippen molar-refractivity contribution < 1.29 is 0 Å². The van der Waals surface area contributed by atoms with Gasteiger partial charge in [-0.3, -0.25) is 9.69 Å². The number of fused-ring (bicyclic) bond motifs is 1.